The second kappa shape index (κ2) is 7.11. The van der Waals surface area contributed by atoms with E-state index in [1.807, 2.05) is 51.1 Å². The number of ether oxygens (including phenoxy) is 2. The molecule has 1 fully saturated rings. The summed E-state index contributed by atoms with van der Waals surface area (Å²) < 4.78 is 11.0. The van der Waals surface area contributed by atoms with Crippen LogP contribution < -0.4 is 5.32 Å². The Kier molecular flexibility index (Phi) is 5.42. The molecule has 5 heteroatoms. The van der Waals surface area contributed by atoms with E-state index in [1.54, 1.807) is 0 Å². The van der Waals surface area contributed by atoms with Gasteiger partial charge in [-0.2, -0.15) is 0 Å². The number of amides is 1. The van der Waals surface area contributed by atoms with Crippen LogP contribution in [0.1, 0.15) is 39.2 Å². The minimum absolute atomic E-state index is 0.0601. The number of nitrogens with one attached hydrogen (secondary N) is 1. The highest BCUT2D eigenvalue weighted by Crippen LogP contribution is 2.24. The van der Waals surface area contributed by atoms with Gasteiger partial charge in [0.2, 0.25) is 0 Å². The lowest BCUT2D eigenvalue weighted by molar-refractivity contribution is 0.0357. The molecule has 0 saturated heterocycles. The lowest BCUT2D eigenvalue weighted by Gasteiger charge is -2.22. The summed E-state index contributed by atoms with van der Waals surface area (Å²) in [5.41, 5.74) is 0.553. The molecular weight excluding hydrogens is 282 g/mol. The third-order valence-corrected chi connectivity index (χ3v) is 3.52. The fraction of sp³-hybridized carbons (Fsp3) is 0.588. The summed E-state index contributed by atoms with van der Waals surface area (Å²) in [5.74, 6) is 0. The minimum Gasteiger partial charge on any atom is -0.444 e. The number of aliphatic hydroxyl groups excluding tert-OH is 1. The van der Waals surface area contributed by atoms with Crippen molar-refractivity contribution in [3.05, 3.63) is 35.9 Å². The molecule has 2 rings (SSSR count). The molecule has 22 heavy (non-hydrogen) atoms. The number of carbonyl (C=O) groups is 1. The lowest BCUT2D eigenvalue weighted by Crippen LogP contribution is -2.42. The smallest absolute Gasteiger partial charge is 0.407 e. The number of aliphatic hydroxyl groups is 1. The molecule has 122 valence electrons. The molecule has 0 unspecified atom stereocenters. The van der Waals surface area contributed by atoms with Crippen LogP contribution in [0.3, 0.4) is 0 Å². The molecule has 0 radical (unpaired) electrons. The van der Waals surface area contributed by atoms with E-state index in [4.69, 9.17) is 9.47 Å². The maximum Gasteiger partial charge on any atom is 0.407 e. The Bertz CT molecular complexity index is 483. The standard InChI is InChI=1S/C17H25NO4/c1-17(2,3)22-16(20)18-14-9-13(10-15(14)19)21-11-12-7-5-4-6-8-12/h4-8,13-15,19H,9-11H2,1-3H3,(H,18,20)/t13-,14-,15+/m1/s1. The molecule has 1 amide bonds. The average Bonchev–Trinajstić information content (AvgIpc) is 2.76. The number of benzene rings is 1. The van der Waals surface area contributed by atoms with Gasteiger partial charge in [0, 0.05) is 6.42 Å². The van der Waals surface area contributed by atoms with E-state index >= 15 is 0 Å². The third kappa shape index (κ3) is 5.31. The SMILES string of the molecule is CC(C)(C)OC(=O)N[C@@H]1C[C@@H](OCc2ccccc2)C[C@@H]1O. The molecule has 1 aliphatic rings. The Hall–Kier alpha value is -1.59. The van der Waals surface area contributed by atoms with Gasteiger partial charge in [-0.25, -0.2) is 4.79 Å². The highest BCUT2D eigenvalue weighted by molar-refractivity contribution is 5.68. The first-order chi connectivity index (χ1) is 10.3. The molecule has 5 nitrogen and oxygen atoms in total. The van der Waals surface area contributed by atoms with Gasteiger partial charge < -0.3 is 19.9 Å². The Morgan fingerprint density at radius 1 is 1.27 bits per heavy atom. The van der Waals surface area contributed by atoms with Crippen molar-refractivity contribution in [2.75, 3.05) is 0 Å². The molecule has 0 aromatic heterocycles. The van der Waals surface area contributed by atoms with Crippen LogP contribution in [0.5, 0.6) is 0 Å². The molecule has 0 spiro atoms. The van der Waals surface area contributed by atoms with Gasteiger partial charge in [-0.15, -0.1) is 0 Å². The Labute approximate surface area is 131 Å². The largest absolute Gasteiger partial charge is 0.444 e. The summed E-state index contributed by atoms with van der Waals surface area (Å²) in [6.45, 7) is 5.94. The third-order valence-electron chi connectivity index (χ3n) is 3.52. The molecule has 3 atom stereocenters. The van der Waals surface area contributed by atoms with Crippen molar-refractivity contribution in [3.63, 3.8) is 0 Å². The number of hydrogen-bond acceptors (Lipinski definition) is 4. The van der Waals surface area contributed by atoms with E-state index in [1.165, 1.54) is 0 Å². The van der Waals surface area contributed by atoms with Crippen molar-refractivity contribution < 1.29 is 19.4 Å². The average molecular weight is 307 g/mol. The van der Waals surface area contributed by atoms with Crippen molar-refractivity contribution in [2.45, 2.75) is 64.1 Å². The first kappa shape index (κ1) is 16.8. The van der Waals surface area contributed by atoms with E-state index in [9.17, 15) is 9.90 Å². The van der Waals surface area contributed by atoms with Gasteiger partial charge in [-0.05, 0) is 32.8 Å². The fourth-order valence-corrected chi connectivity index (χ4v) is 2.51. The summed E-state index contributed by atoms with van der Waals surface area (Å²) in [6, 6.07) is 9.58. The van der Waals surface area contributed by atoms with Crippen LogP contribution in [0.15, 0.2) is 30.3 Å². The first-order valence-corrected chi connectivity index (χ1v) is 7.66. The second-order valence-electron chi connectivity index (χ2n) is 6.71. The maximum absolute atomic E-state index is 11.8. The number of alkyl carbamates (subject to hydrolysis) is 1. The molecule has 0 bridgehead atoms. The quantitative estimate of drug-likeness (QED) is 0.897. The highest BCUT2D eigenvalue weighted by Gasteiger charge is 2.35. The van der Waals surface area contributed by atoms with E-state index in [2.05, 4.69) is 5.32 Å². The predicted molar refractivity (Wildman–Crippen MR) is 83.4 cm³/mol. The van der Waals surface area contributed by atoms with Crippen molar-refractivity contribution in [1.82, 2.24) is 5.32 Å². The molecule has 0 aliphatic heterocycles. The number of carbonyl (C=O) groups excluding carboxylic acids is 1. The van der Waals surface area contributed by atoms with Gasteiger partial charge >= 0.3 is 6.09 Å². The van der Waals surface area contributed by atoms with Crippen molar-refractivity contribution >= 4 is 6.09 Å². The van der Waals surface area contributed by atoms with Gasteiger partial charge in [-0.3, -0.25) is 0 Å². The van der Waals surface area contributed by atoms with Crippen LogP contribution in [0.25, 0.3) is 0 Å². The molecule has 0 heterocycles. The van der Waals surface area contributed by atoms with Crippen LogP contribution in [0, 0.1) is 0 Å². The number of hydrogen-bond donors (Lipinski definition) is 2. The van der Waals surface area contributed by atoms with Gasteiger partial charge in [-0.1, -0.05) is 30.3 Å². The monoisotopic (exact) mass is 307 g/mol. The fourth-order valence-electron chi connectivity index (χ4n) is 2.51. The molecule has 1 aromatic rings. The molecule has 2 N–H and O–H groups in total. The highest BCUT2D eigenvalue weighted by atomic mass is 16.6. The van der Waals surface area contributed by atoms with Crippen molar-refractivity contribution in [1.29, 1.82) is 0 Å². The Balaban J connectivity index is 1.78. The van der Waals surface area contributed by atoms with E-state index in [0.717, 1.165) is 5.56 Å². The zero-order valence-electron chi connectivity index (χ0n) is 13.4. The zero-order chi connectivity index (χ0) is 16.2. The molecule has 1 saturated carbocycles. The van der Waals surface area contributed by atoms with E-state index in [-0.39, 0.29) is 12.1 Å². The minimum atomic E-state index is -0.603. The van der Waals surface area contributed by atoms with Crippen molar-refractivity contribution in [3.8, 4) is 0 Å². The van der Waals surface area contributed by atoms with Crippen LogP contribution in [-0.4, -0.2) is 35.1 Å². The predicted octanol–water partition coefficient (Wildman–Crippen LogP) is 2.62. The molecular formula is C17H25NO4. The van der Waals surface area contributed by atoms with Gasteiger partial charge in [0.15, 0.2) is 0 Å². The van der Waals surface area contributed by atoms with E-state index in [0.29, 0.717) is 19.4 Å². The van der Waals surface area contributed by atoms with Crippen LogP contribution in [0.4, 0.5) is 4.79 Å². The number of rotatable bonds is 4. The van der Waals surface area contributed by atoms with Gasteiger partial charge in [0.05, 0.1) is 24.9 Å². The van der Waals surface area contributed by atoms with Gasteiger partial charge in [0.25, 0.3) is 0 Å². The zero-order valence-corrected chi connectivity index (χ0v) is 13.4. The normalized spacial score (nSPS) is 25.0. The molecule has 1 aromatic carbocycles. The Morgan fingerprint density at radius 3 is 2.59 bits per heavy atom. The van der Waals surface area contributed by atoms with Crippen LogP contribution >= 0.6 is 0 Å². The summed E-state index contributed by atoms with van der Waals surface area (Å²) >= 11 is 0. The lowest BCUT2D eigenvalue weighted by atomic mass is 10.2. The van der Waals surface area contributed by atoms with Crippen molar-refractivity contribution in [2.24, 2.45) is 0 Å². The summed E-state index contributed by atoms with van der Waals surface area (Å²) in [5, 5.41) is 12.8. The van der Waals surface area contributed by atoms with E-state index < -0.39 is 17.8 Å². The summed E-state index contributed by atoms with van der Waals surface area (Å²) in [6.07, 6.45) is -0.0516. The second-order valence-corrected chi connectivity index (χ2v) is 6.71. The topological polar surface area (TPSA) is 67.8 Å². The van der Waals surface area contributed by atoms with Gasteiger partial charge in [0.1, 0.15) is 5.60 Å². The summed E-state index contributed by atoms with van der Waals surface area (Å²) in [7, 11) is 0. The Morgan fingerprint density at radius 2 is 1.95 bits per heavy atom. The summed E-state index contributed by atoms with van der Waals surface area (Å²) in [4.78, 5) is 11.8. The molecule has 1 aliphatic carbocycles. The maximum atomic E-state index is 11.8. The first-order valence-electron chi connectivity index (χ1n) is 7.66. The van der Waals surface area contributed by atoms with Crippen LogP contribution in [-0.2, 0) is 16.1 Å². The van der Waals surface area contributed by atoms with Crippen LogP contribution in [0.2, 0.25) is 0 Å².